The third-order valence-electron chi connectivity index (χ3n) is 2.50. The molecule has 20 heavy (non-hydrogen) atoms. The molecule has 2 aromatic carbocycles. The Morgan fingerprint density at radius 1 is 1.00 bits per heavy atom. The van der Waals surface area contributed by atoms with E-state index in [1.54, 1.807) is 6.92 Å². The second-order valence-electron chi connectivity index (χ2n) is 4.34. The summed E-state index contributed by atoms with van der Waals surface area (Å²) in [6, 6.07) is 6.72. The number of halogens is 2. The number of hydrogen-bond donors (Lipinski definition) is 2. The molecule has 0 atom stereocenters. The van der Waals surface area contributed by atoms with Gasteiger partial charge < -0.3 is 5.73 Å². The number of rotatable bonds is 3. The molecule has 0 saturated heterocycles. The van der Waals surface area contributed by atoms with Crippen molar-refractivity contribution in [2.45, 2.75) is 11.8 Å². The monoisotopic (exact) mass is 298 g/mol. The number of anilines is 2. The van der Waals surface area contributed by atoms with Crippen LogP contribution in [0.1, 0.15) is 5.56 Å². The Morgan fingerprint density at radius 2 is 1.65 bits per heavy atom. The fraction of sp³-hybridized carbons (Fsp3) is 0.0769. The standard InChI is InChI=1S/C13H12F2N2O2S/c1-8-2-9(14)5-12(3-8)17-20(18,19)13-6-10(15)4-11(16)7-13/h2-7,17H,16H2,1H3. The van der Waals surface area contributed by atoms with Gasteiger partial charge in [0.1, 0.15) is 11.6 Å². The van der Waals surface area contributed by atoms with E-state index in [1.807, 2.05) is 0 Å². The molecule has 0 aliphatic carbocycles. The summed E-state index contributed by atoms with van der Waals surface area (Å²) in [6.07, 6.45) is 0. The van der Waals surface area contributed by atoms with E-state index in [0.717, 1.165) is 24.3 Å². The van der Waals surface area contributed by atoms with Crippen molar-refractivity contribution in [2.75, 3.05) is 10.5 Å². The van der Waals surface area contributed by atoms with E-state index in [-0.39, 0.29) is 16.3 Å². The third-order valence-corrected chi connectivity index (χ3v) is 3.86. The van der Waals surface area contributed by atoms with Gasteiger partial charge in [-0.15, -0.1) is 0 Å². The minimum Gasteiger partial charge on any atom is -0.399 e. The van der Waals surface area contributed by atoms with Gasteiger partial charge >= 0.3 is 0 Å². The largest absolute Gasteiger partial charge is 0.399 e. The van der Waals surface area contributed by atoms with E-state index in [0.29, 0.717) is 5.56 Å². The number of nitrogens with one attached hydrogen (secondary N) is 1. The van der Waals surface area contributed by atoms with Gasteiger partial charge in [0.2, 0.25) is 0 Å². The molecule has 0 aromatic heterocycles. The van der Waals surface area contributed by atoms with E-state index >= 15 is 0 Å². The Morgan fingerprint density at radius 3 is 2.25 bits per heavy atom. The third kappa shape index (κ3) is 3.24. The van der Waals surface area contributed by atoms with Crippen molar-refractivity contribution in [3.05, 3.63) is 53.6 Å². The van der Waals surface area contributed by atoms with Crippen molar-refractivity contribution in [1.82, 2.24) is 0 Å². The summed E-state index contributed by atoms with van der Waals surface area (Å²) >= 11 is 0. The zero-order valence-corrected chi connectivity index (χ0v) is 11.3. The molecule has 7 heteroatoms. The maximum atomic E-state index is 13.2. The average molecular weight is 298 g/mol. The highest BCUT2D eigenvalue weighted by molar-refractivity contribution is 7.92. The molecular weight excluding hydrogens is 286 g/mol. The first-order chi connectivity index (χ1) is 9.26. The quantitative estimate of drug-likeness (QED) is 0.856. The summed E-state index contributed by atoms with van der Waals surface area (Å²) in [5.41, 5.74) is 6.01. The van der Waals surface area contributed by atoms with Crippen molar-refractivity contribution in [3.8, 4) is 0 Å². The molecule has 0 spiro atoms. The molecule has 0 unspecified atom stereocenters. The molecular formula is C13H12F2N2O2S. The van der Waals surface area contributed by atoms with Crippen LogP contribution in [0.3, 0.4) is 0 Å². The number of nitrogen functional groups attached to an aromatic ring is 1. The van der Waals surface area contributed by atoms with Crippen LogP contribution in [-0.2, 0) is 10.0 Å². The first-order valence-electron chi connectivity index (χ1n) is 5.62. The maximum absolute atomic E-state index is 13.2. The van der Waals surface area contributed by atoms with Crippen molar-refractivity contribution < 1.29 is 17.2 Å². The molecule has 0 aliphatic heterocycles. The van der Waals surface area contributed by atoms with Gasteiger partial charge in [-0.05, 0) is 48.9 Å². The van der Waals surface area contributed by atoms with Crippen LogP contribution in [0.25, 0.3) is 0 Å². The lowest BCUT2D eigenvalue weighted by Crippen LogP contribution is -2.14. The first-order valence-corrected chi connectivity index (χ1v) is 7.11. The summed E-state index contributed by atoms with van der Waals surface area (Å²) in [6.45, 7) is 1.63. The van der Waals surface area contributed by atoms with Gasteiger partial charge in [0.05, 0.1) is 10.6 Å². The molecule has 0 heterocycles. The van der Waals surface area contributed by atoms with Crippen LogP contribution in [0.4, 0.5) is 20.2 Å². The lowest BCUT2D eigenvalue weighted by atomic mass is 10.2. The topological polar surface area (TPSA) is 72.2 Å². The number of sulfonamides is 1. The molecule has 2 aromatic rings. The van der Waals surface area contributed by atoms with Gasteiger partial charge in [-0.1, -0.05) is 0 Å². The highest BCUT2D eigenvalue weighted by Crippen LogP contribution is 2.21. The average Bonchev–Trinajstić information content (AvgIpc) is 2.25. The predicted octanol–water partition coefficient (Wildman–Crippen LogP) is 2.66. The zero-order valence-electron chi connectivity index (χ0n) is 10.5. The summed E-state index contributed by atoms with van der Waals surface area (Å²) < 4.78 is 52.7. The Labute approximate surface area is 115 Å². The fourth-order valence-electron chi connectivity index (χ4n) is 1.75. The Hall–Kier alpha value is -2.15. The molecule has 0 saturated carbocycles. The molecule has 0 fully saturated rings. The van der Waals surface area contributed by atoms with E-state index in [4.69, 9.17) is 5.73 Å². The van der Waals surface area contributed by atoms with Gasteiger partial charge in [0.15, 0.2) is 0 Å². The molecule has 0 radical (unpaired) electrons. The fourth-order valence-corrected chi connectivity index (χ4v) is 2.85. The first kappa shape index (κ1) is 14.3. The Bertz CT molecular complexity index is 720. The molecule has 3 N–H and O–H groups in total. The highest BCUT2D eigenvalue weighted by atomic mass is 32.2. The van der Waals surface area contributed by atoms with Crippen LogP contribution in [0, 0.1) is 18.6 Å². The lowest BCUT2D eigenvalue weighted by molar-refractivity contribution is 0.595. The molecule has 0 bridgehead atoms. The summed E-state index contributed by atoms with van der Waals surface area (Å²) in [5.74, 6) is -1.33. The van der Waals surface area contributed by atoms with E-state index in [9.17, 15) is 17.2 Å². The smallest absolute Gasteiger partial charge is 0.262 e. The molecule has 106 valence electrons. The second kappa shape index (κ2) is 5.09. The second-order valence-corrected chi connectivity index (χ2v) is 6.03. The number of nitrogens with two attached hydrogens (primary N) is 1. The van der Waals surface area contributed by atoms with E-state index in [2.05, 4.69) is 4.72 Å². The predicted molar refractivity (Wildman–Crippen MR) is 72.8 cm³/mol. The highest BCUT2D eigenvalue weighted by Gasteiger charge is 2.16. The van der Waals surface area contributed by atoms with Crippen LogP contribution < -0.4 is 10.5 Å². The number of hydrogen-bond acceptors (Lipinski definition) is 3. The van der Waals surface area contributed by atoms with E-state index in [1.165, 1.54) is 12.1 Å². The van der Waals surface area contributed by atoms with Gasteiger partial charge in [0.25, 0.3) is 10.0 Å². The van der Waals surface area contributed by atoms with Crippen LogP contribution in [-0.4, -0.2) is 8.42 Å². The lowest BCUT2D eigenvalue weighted by Gasteiger charge is -2.09. The van der Waals surface area contributed by atoms with Crippen molar-refractivity contribution >= 4 is 21.4 Å². The Balaban J connectivity index is 2.40. The van der Waals surface area contributed by atoms with Gasteiger partial charge in [-0.25, -0.2) is 17.2 Å². The summed E-state index contributed by atoms with van der Waals surface area (Å²) in [7, 11) is -4.03. The minimum atomic E-state index is -4.03. The van der Waals surface area contributed by atoms with E-state index < -0.39 is 21.7 Å². The SMILES string of the molecule is Cc1cc(F)cc(NS(=O)(=O)c2cc(N)cc(F)c2)c1. The molecule has 0 amide bonds. The van der Waals surface area contributed by atoms with Crippen LogP contribution >= 0.6 is 0 Å². The van der Waals surface area contributed by atoms with Crippen LogP contribution in [0.15, 0.2) is 41.3 Å². The minimum absolute atomic E-state index is 0.0132. The van der Waals surface area contributed by atoms with Gasteiger partial charge in [-0.2, -0.15) is 0 Å². The van der Waals surface area contributed by atoms with Crippen molar-refractivity contribution in [2.24, 2.45) is 0 Å². The van der Waals surface area contributed by atoms with Gasteiger partial charge in [-0.3, -0.25) is 4.72 Å². The molecule has 0 aliphatic rings. The van der Waals surface area contributed by atoms with Crippen LogP contribution in [0.2, 0.25) is 0 Å². The number of benzene rings is 2. The van der Waals surface area contributed by atoms with Crippen molar-refractivity contribution in [3.63, 3.8) is 0 Å². The Kier molecular flexibility index (Phi) is 3.63. The summed E-state index contributed by atoms with van der Waals surface area (Å²) in [5, 5.41) is 0. The molecule has 4 nitrogen and oxygen atoms in total. The summed E-state index contributed by atoms with van der Waals surface area (Å²) in [4.78, 5) is -0.322. The van der Waals surface area contributed by atoms with Crippen LogP contribution in [0.5, 0.6) is 0 Å². The normalized spacial score (nSPS) is 11.3. The molecule has 2 rings (SSSR count). The van der Waals surface area contributed by atoms with Crippen molar-refractivity contribution in [1.29, 1.82) is 0 Å². The maximum Gasteiger partial charge on any atom is 0.262 e. The van der Waals surface area contributed by atoms with Gasteiger partial charge in [0, 0.05) is 5.69 Å². The number of aryl methyl sites for hydroxylation is 1. The zero-order chi connectivity index (χ0) is 14.9.